The number of carbonyl (C=O) groups is 1. The molecule has 0 saturated heterocycles. The van der Waals surface area contributed by atoms with Crippen molar-refractivity contribution in [2.75, 3.05) is 24.3 Å². The Bertz CT molecular complexity index is 736. The molecular weight excluding hydrogens is 294 g/mol. The monoisotopic (exact) mass is 313 g/mol. The maximum Gasteiger partial charge on any atom is 0.356 e. The van der Waals surface area contributed by atoms with Crippen molar-refractivity contribution in [2.45, 2.75) is 13.8 Å². The van der Waals surface area contributed by atoms with Crippen LogP contribution in [-0.4, -0.2) is 20.0 Å². The van der Waals surface area contributed by atoms with Gasteiger partial charge in [0.25, 0.3) is 0 Å². The first kappa shape index (κ1) is 16.4. The summed E-state index contributed by atoms with van der Waals surface area (Å²) in [6.07, 6.45) is 1.37. The minimum Gasteiger partial charge on any atom is -0.710 e. The molecule has 0 aliphatic rings. The maximum atomic E-state index is 11.8. The van der Waals surface area contributed by atoms with Crippen LogP contribution < -0.4 is 14.9 Å². The van der Waals surface area contributed by atoms with Crippen LogP contribution in [0, 0.1) is 12.1 Å². The average molecular weight is 313 g/mol. The highest BCUT2D eigenvalue weighted by molar-refractivity contribution is 5.92. The van der Waals surface area contributed by atoms with E-state index in [1.807, 2.05) is 25.1 Å². The highest BCUT2D eigenvalue weighted by Crippen LogP contribution is 2.30. The number of rotatable bonds is 4. The van der Waals surface area contributed by atoms with Gasteiger partial charge in [0.15, 0.2) is 0 Å². The zero-order valence-corrected chi connectivity index (χ0v) is 13.6. The number of benzene rings is 1. The molecule has 0 fully saturated rings. The van der Waals surface area contributed by atoms with E-state index in [1.165, 1.54) is 13.1 Å². The van der Waals surface area contributed by atoms with Crippen LogP contribution in [0.5, 0.6) is 0 Å². The van der Waals surface area contributed by atoms with E-state index in [4.69, 9.17) is 0 Å². The third-order valence-corrected chi connectivity index (χ3v) is 3.19. The number of carbonyl (C=O) groups excluding carboxylic acids is 1. The number of aryl methyl sites for hydroxylation is 1. The quantitative estimate of drug-likeness (QED) is 0.535. The summed E-state index contributed by atoms with van der Waals surface area (Å²) in [7, 11) is 3.81. The number of anilines is 2. The Morgan fingerprint density at radius 2 is 2.00 bits per heavy atom. The molecule has 0 spiro atoms. The second-order valence-electron chi connectivity index (χ2n) is 5.32. The van der Waals surface area contributed by atoms with Crippen molar-refractivity contribution in [3.05, 3.63) is 47.3 Å². The van der Waals surface area contributed by atoms with E-state index in [1.54, 1.807) is 31.2 Å². The summed E-state index contributed by atoms with van der Waals surface area (Å²) in [5.74, 6) is 0.0186. The van der Waals surface area contributed by atoms with Crippen molar-refractivity contribution in [3.63, 3.8) is 0 Å². The number of amides is 1. The van der Waals surface area contributed by atoms with Gasteiger partial charge in [0.1, 0.15) is 5.69 Å². The molecule has 0 aliphatic heterocycles. The molecule has 1 heterocycles. The van der Waals surface area contributed by atoms with Crippen molar-refractivity contribution < 1.29 is 9.52 Å². The zero-order chi connectivity index (χ0) is 17.0. The molecule has 7 nitrogen and oxygen atoms in total. The molecule has 1 N–H and O–H groups in total. The first-order valence-corrected chi connectivity index (χ1v) is 7.08. The molecule has 7 heteroatoms. The molecule has 0 radical (unpaired) electrons. The van der Waals surface area contributed by atoms with Gasteiger partial charge >= 0.3 is 5.82 Å². The van der Waals surface area contributed by atoms with Gasteiger partial charge in [-0.1, -0.05) is 0 Å². The van der Waals surface area contributed by atoms with Crippen LogP contribution in [0.3, 0.4) is 0 Å². The minimum atomic E-state index is -0.202. The van der Waals surface area contributed by atoms with Crippen LogP contribution in [0.25, 0.3) is 0 Å². The van der Waals surface area contributed by atoms with Gasteiger partial charge in [-0.05, 0) is 42.4 Å². The summed E-state index contributed by atoms with van der Waals surface area (Å²) in [4.78, 5) is 13.3. The summed E-state index contributed by atoms with van der Waals surface area (Å²) in [5.41, 5.74) is 2.66. The van der Waals surface area contributed by atoms with Crippen molar-refractivity contribution in [2.24, 2.45) is 10.2 Å². The average Bonchev–Trinajstić information content (AvgIpc) is 2.47. The molecule has 1 aromatic heterocycles. The fourth-order valence-corrected chi connectivity index (χ4v) is 1.99. The Balaban J connectivity index is 2.42. The van der Waals surface area contributed by atoms with Crippen LogP contribution in [0.1, 0.15) is 12.5 Å². The molecule has 0 aliphatic carbocycles. The molecule has 2 rings (SSSR count). The van der Waals surface area contributed by atoms with Crippen molar-refractivity contribution in [1.82, 2.24) is 0 Å². The van der Waals surface area contributed by atoms with Crippen LogP contribution in [0.4, 0.5) is 22.9 Å². The van der Waals surface area contributed by atoms with Crippen molar-refractivity contribution in [3.8, 4) is 0 Å². The molecule has 1 aromatic carbocycles. The molecule has 2 aromatic rings. The van der Waals surface area contributed by atoms with E-state index in [0.717, 1.165) is 11.3 Å². The molecule has 0 bridgehead atoms. The lowest BCUT2D eigenvalue weighted by Crippen LogP contribution is -2.25. The van der Waals surface area contributed by atoms with Gasteiger partial charge in [-0.25, -0.2) is 4.73 Å². The largest absolute Gasteiger partial charge is 0.710 e. The topological polar surface area (TPSA) is 84.0 Å². The van der Waals surface area contributed by atoms with Crippen LogP contribution in [-0.2, 0) is 4.79 Å². The Hall–Kier alpha value is -2.96. The molecule has 0 unspecified atom stereocenters. The Labute approximate surface area is 134 Å². The summed E-state index contributed by atoms with van der Waals surface area (Å²) in [5, 5.41) is 22.6. The van der Waals surface area contributed by atoms with E-state index in [0.29, 0.717) is 16.1 Å². The first-order valence-electron chi connectivity index (χ1n) is 7.08. The Morgan fingerprint density at radius 1 is 1.26 bits per heavy atom. The Morgan fingerprint density at radius 3 is 2.61 bits per heavy atom. The van der Waals surface area contributed by atoms with Gasteiger partial charge in [0, 0.05) is 32.3 Å². The summed E-state index contributed by atoms with van der Waals surface area (Å²) in [6.45, 7) is 3.21. The first-order chi connectivity index (χ1) is 10.9. The second-order valence-corrected chi connectivity index (χ2v) is 5.32. The van der Waals surface area contributed by atoms with E-state index >= 15 is 0 Å². The van der Waals surface area contributed by atoms with Crippen molar-refractivity contribution >= 4 is 28.8 Å². The third-order valence-electron chi connectivity index (χ3n) is 3.19. The highest BCUT2D eigenvalue weighted by atomic mass is 16.5. The normalized spacial score (nSPS) is 10.8. The number of pyridine rings is 1. The van der Waals surface area contributed by atoms with E-state index in [-0.39, 0.29) is 11.7 Å². The van der Waals surface area contributed by atoms with E-state index in [2.05, 4.69) is 15.5 Å². The van der Waals surface area contributed by atoms with Crippen LogP contribution in [0.15, 0.2) is 46.8 Å². The molecular formula is C16H19N5O2. The van der Waals surface area contributed by atoms with E-state index in [9.17, 15) is 10.0 Å². The smallest absolute Gasteiger partial charge is 0.356 e. The molecule has 0 saturated carbocycles. The zero-order valence-electron chi connectivity index (χ0n) is 13.6. The van der Waals surface area contributed by atoms with Gasteiger partial charge < -0.3 is 15.4 Å². The molecule has 120 valence electrons. The second kappa shape index (κ2) is 6.87. The predicted molar refractivity (Wildman–Crippen MR) is 89.4 cm³/mol. The molecule has 23 heavy (non-hydrogen) atoms. The summed E-state index contributed by atoms with van der Waals surface area (Å²) >= 11 is 0. The SMILES string of the molecule is CC(=O)Nc1cc(N(C)C)ccc1N=Nc1c(C)ccc[n+]1[O-]. The summed E-state index contributed by atoms with van der Waals surface area (Å²) < 4.78 is 0.658. The van der Waals surface area contributed by atoms with E-state index < -0.39 is 0 Å². The fourth-order valence-electron chi connectivity index (χ4n) is 1.99. The molecule has 1 amide bonds. The maximum absolute atomic E-state index is 11.8. The van der Waals surface area contributed by atoms with Gasteiger partial charge in [-0.3, -0.25) is 4.79 Å². The lowest BCUT2D eigenvalue weighted by atomic mass is 10.2. The van der Waals surface area contributed by atoms with Crippen molar-refractivity contribution in [1.29, 1.82) is 0 Å². The number of hydrogen-bond acceptors (Lipinski definition) is 5. The van der Waals surface area contributed by atoms with Crippen LogP contribution in [0.2, 0.25) is 0 Å². The lowest BCUT2D eigenvalue weighted by molar-refractivity contribution is -0.592. The van der Waals surface area contributed by atoms with Gasteiger partial charge in [0.05, 0.1) is 17.0 Å². The highest BCUT2D eigenvalue weighted by Gasteiger charge is 2.11. The third kappa shape index (κ3) is 4.03. The molecule has 0 atom stereocenters. The van der Waals surface area contributed by atoms with Crippen LogP contribution >= 0.6 is 0 Å². The lowest BCUT2D eigenvalue weighted by Gasteiger charge is -2.14. The summed E-state index contributed by atoms with van der Waals surface area (Å²) in [6, 6.07) is 8.85. The Kier molecular flexibility index (Phi) is 4.90. The fraction of sp³-hybridized carbons (Fsp3) is 0.250. The predicted octanol–water partition coefficient (Wildman–Crippen LogP) is 3.07. The number of aromatic nitrogens is 1. The number of nitrogens with one attached hydrogen (secondary N) is 1. The number of hydrogen-bond donors (Lipinski definition) is 1. The number of azo groups is 1. The van der Waals surface area contributed by atoms with Gasteiger partial charge in [0.2, 0.25) is 5.91 Å². The number of nitrogens with zero attached hydrogens (tertiary/aromatic N) is 4. The van der Waals surface area contributed by atoms with Gasteiger partial charge in [-0.2, -0.15) is 0 Å². The standard InChI is InChI=1S/C16H19N5O2/c1-11-6-5-9-21(23)16(11)19-18-14-8-7-13(20(3)4)10-15(14)17-12(2)22/h5-10H,1-4H3,(H,17,22). The minimum absolute atomic E-state index is 0.202. The van der Waals surface area contributed by atoms with Gasteiger partial charge in [-0.15, -0.1) is 0 Å².